The maximum atomic E-state index is 12.8. The molecule has 34 heavy (non-hydrogen) atoms. The van der Waals surface area contributed by atoms with Crippen molar-refractivity contribution in [2.45, 2.75) is 57.3 Å². The van der Waals surface area contributed by atoms with E-state index in [9.17, 15) is 33.9 Å². The lowest BCUT2D eigenvalue weighted by atomic mass is 10.0. The van der Waals surface area contributed by atoms with Gasteiger partial charge in [0.1, 0.15) is 18.1 Å². The number of carboxylic acids is 2. The predicted molar refractivity (Wildman–Crippen MR) is 115 cm³/mol. The van der Waals surface area contributed by atoms with E-state index in [-0.39, 0.29) is 6.42 Å². The average molecular weight is 483 g/mol. The topological polar surface area (TPSA) is 260 Å². The van der Waals surface area contributed by atoms with Crippen molar-refractivity contribution >= 4 is 35.6 Å². The Morgan fingerprint density at radius 2 is 1.59 bits per heavy atom. The van der Waals surface area contributed by atoms with Gasteiger partial charge in [-0.05, 0) is 5.92 Å². The summed E-state index contributed by atoms with van der Waals surface area (Å²) in [6.07, 6.45) is 1.23. The zero-order chi connectivity index (χ0) is 26.0. The fourth-order valence-electron chi connectivity index (χ4n) is 2.84. The number of aromatic amines is 1. The number of nitrogens with two attached hydrogens (primary N) is 2. The predicted octanol–water partition coefficient (Wildman–Crippen LogP) is -3.18. The van der Waals surface area contributed by atoms with E-state index in [4.69, 9.17) is 16.6 Å². The van der Waals surface area contributed by atoms with Crippen LogP contribution in [0.5, 0.6) is 0 Å². The number of primary amides is 1. The summed E-state index contributed by atoms with van der Waals surface area (Å²) in [5.41, 5.74) is 11.1. The number of nitrogens with one attached hydrogen (secondary N) is 4. The number of hydrogen-bond donors (Lipinski definition) is 8. The molecule has 0 saturated heterocycles. The molecule has 4 atom stereocenters. The molecule has 0 fully saturated rings. The molecule has 1 aromatic rings. The first-order valence-corrected chi connectivity index (χ1v) is 10.2. The van der Waals surface area contributed by atoms with Crippen LogP contribution in [0, 0.1) is 5.92 Å². The van der Waals surface area contributed by atoms with Crippen LogP contribution >= 0.6 is 0 Å². The second-order valence-electron chi connectivity index (χ2n) is 7.85. The number of aromatic nitrogens is 2. The van der Waals surface area contributed by atoms with Crippen LogP contribution in [0.3, 0.4) is 0 Å². The van der Waals surface area contributed by atoms with Crippen LogP contribution in [0.1, 0.15) is 32.4 Å². The van der Waals surface area contributed by atoms with Crippen molar-refractivity contribution < 1.29 is 39.0 Å². The van der Waals surface area contributed by atoms with Crippen LogP contribution < -0.4 is 27.4 Å². The van der Waals surface area contributed by atoms with Crippen LogP contribution in [0.15, 0.2) is 12.5 Å². The van der Waals surface area contributed by atoms with E-state index in [1.54, 1.807) is 13.8 Å². The second kappa shape index (κ2) is 12.9. The lowest BCUT2D eigenvalue weighted by molar-refractivity contribution is -0.142. The van der Waals surface area contributed by atoms with E-state index >= 15 is 0 Å². The molecule has 1 rings (SSSR count). The number of rotatable bonds is 14. The molecule has 15 nitrogen and oxygen atoms in total. The smallest absolute Gasteiger partial charge is 0.326 e. The van der Waals surface area contributed by atoms with Crippen molar-refractivity contribution in [2.24, 2.45) is 17.4 Å². The molecule has 188 valence electrons. The second-order valence-corrected chi connectivity index (χ2v) is 7.85. The van der Waals surface area contributed by atoms with E-state index in [1.807, 2.05) is 0 Å². The van der Waals surface area contributed by atoms with E-state index < -0.39 is 78.5 Å². The quantitative estimate of drug-likeness (QED) is 0.131. The molecule has 4 amide bonds. The van der Waals surface area contributed by atoms with Crippen molar-refractivity contribution in [3.05, 3.63) is 18.2 Å². The minimum absolute atomic E-state index is 0.148. The number of imidazole rings is 1. The maximum Gasteiger partial charge on any atom is 0.326 e. The number of nitrogens with zero attached hydrogens (tertiary/aromatic N) is 1. The summed E-state index contributed by atoms with van der Waals surface area (Å²) in [4.78, 5) is 77.9. The fourth-order valence-corrected chi connectivity index (χ4v) is 2.84. The third-order valence-corrected chi connectivity index (χ3v) is 4.61. The van der Waals surface area contributed by atoms with Crippen molar-refractivity contribution in [3.8, 4) is 0 Å². The van der Waals surface area contributed by atoms with E-state index in [2.05, 4.69) is 25.9 Å². The molecule has 4 unspecified atom stereocenters. The van der Waals surface area contributed by atoms with E-state index in [0.717, 1.165) is 0 Å². The highest BCUT2D eigenvalue weighted by Crippen LogP contribution is 2.06. The highest BCUT2D eigenvalue weighted by Gasteiger charge is 2.32. The first-order chi connectivity index (χ1) is 15.8. The number of carboxylic acid groups (broad SMARTS) is 2. The summed E-state index contributed by atoms with van der Waals surface area (Å²) >= 11 is 0. The SMILES string of the molecule is CC(C)C(NC(=O)C(N)CC(=O)O)C(=O)NC(CC(N)=O)C(=O)NC(Cc1cnc[nH]1)C(=O)O. The van der Waals surface area contributed by atoms with Gasteiger partial charge < -0.3 is 42.6 Å². The molecular formula is C19H29N7O8. The fraction of sp³-hybridized carbons (Fsp3) is 0.526. The van der Waals surface area contributed by atoms with Gasteiger partial charge in [-0.15, -0.1) is 0 Å². The largest absolute Gasteiger partial charge is 0.481 e. The molecule has 0 radical (unpaired) electrons. The molecule has 0 saturated carbocycles. The minimum atomic E-state index is -1.54. The van der Waals surface area contributed by atoms with Gasteiger partial charge in [-0.1, -0.05) is 13.8 Å². The Labute approximate surface area is 194 Å². The van der Waals surface area contributed by atoms with Gasteiger partial charge in [0.05, 0.1) is 25.2 Å². The van der Waals surface area contributed by atoms with Crippen LogP contribution in [0.2, 0.25) is 0 Å². The van der Waals surface area contributed by atoms with Crippen LogP contribution in [0.25, 0.3) is 0 Å². The summed E-state index contributed by atoms with van der Waals surface area (Å²) in [5.74, 6) is -6.93. The average Bonchev–Trinajstić information content (AvgIpc) is 3.22. The Morgan fingerprint density at radius 1 is 0.971 bits per heavy atom. The molecule has 15 heteroatoms. The molecule has 0 aromatic carbocycles. The van der Waals surface area contributed by atoms with Crippen LogP contribution in [-0.4, -0.2) is 79.9 Å². The highest BCUT2D eigenvalue weighted by atomic mass is 16.4. The van der Waals surface area contributed by atoms with Gasteiger partial charge in [-0.2, -0.15) is 0 Å². The van der Waals surface area contributed by atoms with E-state index in [0.29, 0.717) is 5.69 Å². The summed E-state index contributed by atoms with van der Waals surface area (Å²) in [7, 11) is 0. The summed E-state index contributed by atoms with van der Waals surface area (Å²) < 4.78 is 0. The van der Waals surface area contributed by atoms with Crippen molar-refractivity contribution in [2.75, 3.05) is 0 Å². The third kappa shape index (κ3) is 9.23. The van der Waals surface area contributed by atoms with Crippen LogP contribution in [-0.2, 0) is 35.2 Å². The van der Waals surface area contributed by atoms with Gasteiger partial charge in [-0.3, -0.25) is 24.0 Å². The van der Waals surface area contributed by atoms with Gasteiger partial charge in [0.15, 0.2) is 0 Å². The maximum absolute atomic E-state index is 12.8. The van der Waals surface area contributed by atoms with Crippen molar-refractivity contribution in [1.82, 2.24) is 25.9 Å². The van der Waals surface area contributed by atoms with Gasteiger partial charge in [0, 0.05) is 18.3 Å². The third-order valence-electron chi connectivity index (χ3n) is 4.61. The Hall–Kier alpha value is -4.01. The Bertz CT molecular complexity index is 902. The first-order valence-electron chi connectivity index (χ1n) is 10.2. The normalized spacial score (nSPS) is 14.4. The highest BCUT2D eigenvalue weighted by molar-refractivity contribution is 5.96. The molecule has 0 aliphatic rings. The standard InChI is InChI=1S/C19H29N7O8/c1-8(2)15(26-16(30)10(20)4-14(28)29)18(32)24-11(5-13(21)27)17(31)25-12(19(33)34)3-9-6-22-7-23-9/h6-8,10-12,15H,3-5,20H2,1-2H3,(H2,21,27)(H,22,23)(H,24,32)(H,25,31)(H,26,30)(H,28,29)(H,33,34). The zero-order valence-electron chi connectivity index (χ0n) is 18.6. The Morgan fingerprint density at radius 3 is 2.06 bits per heavy atom. The van der Waals surface area contributed by atoms with Crippen molar-refractivity contribution in [1.29, 1.82) is 0 Å². The monoisotopic (exact) mass is 483 g/mol. The molecule has 0 spiro atoms. The number of H-pyrrole nitrogens is 1. The van der Waals surface area contributed by atoms with Gasteiger partial charge in [-0.25, -0.2) is 9.78 Å². The number of carbonyl (C=O) groups excluding carboxylic acids is 4. The number of hydrogen-bond acceptors (Lipinski definition) is 8. The Balaban J connectivity index is 2.96. The Kier molecular flexibility index (Phi) is 10.6. The summed E-state index contributed by atoms with van der Waals surface area (Å²) in [6, 6.07) is -5.61. The van der Waals surface area contributed by atoms with Gasteiger partial charge in [0.2, 0.25) is 23.6 Å². The lowest BCUT2D eigenvalue weighted by Gasteiger charge is -2.26. The first kappa shape index (κ1) is 28.0. The minimum Gasteiger partial charge on any atom is -0.481 e. The van der Waals surface area contributed by atoms with E-state index in [1.165, 1.54) is 12.5 Å². The number of carbonyl (C=O) groups is 6. The molecule has 0 aliphatic carbocycles. The lowest BCUT2D eigenvalue weighted by Crippen LogP contribution is -2.59. The van der Waals surface area contributed by atoms with Crippen molar-refractivity contribution in [3.63, 3.8) is 0 Å². The number of amides is 4. The zero-order valence-corrected chi connectivity index (χ0v) is 18.6. The molecular weight excluding hydrogens is 454 g/mol. The molecule has 1 aromatic heterocycles. The molecule has 10 N–H and O–H groups in total. The summed E-state index contributed by atoms with van der Waals surface area (Å²) in [5, 5.41) is 25.0. The van der Waals surface area contributed by atoms with Gasteiger partial charge >= 0.3 is 11.9 Å². The molecule has 0 bridgehead atoms. The number of aliphatic carboxylic acids is 2. The van der Waals surface area contributed by atoms with Gasteiger partial charge in [0.25, 0.3) is 0 Å². The molecule has 0 aliphatic heterocycles. The van der Waals surface area contributed by atoms with Crippen LogP contribution in [0.4, 0.5) is 0 Å². The molecule has 1 heterocycles. The summed E-state index contributed by atoms with van der Waals surface area (Å²) in [6.45, 7) is 3.14.